The maximum Gasteiger partial charge on any atom is 0.417 e. The van der Waals surface area contributed by atoms with E-state index < -0.39 is 24.1 Å². The van der Waals surface area contributed by atoms with Crippen LogP contribution in [0.4, 0.5) is 18.9 Å². The van der Waals surface area contributed by atoms with Gasteiger partial charge in [-0.3, -0.25) is 4.98 Å². The molecule has 0 amide bonds. The van der Waals surface area contributed by atoms with E-state index in [4.69, 9.17) is 27.8 Å². The highest BCUT2D eigenvalue weighted by molar-refractivity contribution is 6.31. The molecule has 1 atom stereocenters. The summed E-state index contributed by atoms with van der Waals surface area (Å²) in [7, 11) is 0. The third kappa shape index (κ3) is 4.73. The summed E-state index contributed by atoms with van der Waals surface area (Å²) in [6.07, 6.45) is -4.41. The predicted molar refractivity (Wildman–Crippen MR) is 85.5 cm³/mol. The average molecular weight is 361 g/mol. The summed E-state index contributed by atoms with van der Waals surface area (Å²) >= 11 is 5.58. The summed E-state index contributed by atoms with van der Waals surface area (Å²) in [4.78, 5) is 3.99. The molecule has 24 heavy (non-hydrogen) atoms. The Morgan fingerprint density at radius 3 is 2.54 bits per heavy atom. The van der Waals surface area contributed by atoms with Crippen molar-refractivity contribution in [2.45, 2.75) is 25.5 Å². The summed E-state index contributed by atoms with van der Waals surface area (Å²) in [5.74, 6) is 0.436. The maximum absolute atomic E-state index is 12.9. The summed E-state index contributed by atoms with van der Waals surface area (Å²) in [5.41, 5.74) is 10.8. The lowest BCUT2D eigenvalue weighted by Gasteiger charge is -2.19. The predicted octanol–water partition coefficient (Wildman–Crippen LogP) is 3.51. The quantitative estimate of drug-likeness (QED) is 0.710. The zero-order valence-electron chi connectivity index (χ0n) is 12.6. The third-order valence-corrected chi connectivity index (χ3v) is 3.38. The summed E-state index contributed by atoms with van der Waals surface area (Å²) in [5, 5.41) is 2.45. The largest absolute Gasteiger partial charge is 0.471 e. The Kier molecular flexibility index (Phi) is 5.53. The highest BCUT2D eigenvalue weighted by Crippen LogP contribution is 2.36. The van der Waals surface area contributed by atoms with Gasteiger partial charge in [-0.2, -0.15) is 13.2 Å². The molecule has 130 valence electrons. The van der Waals surface area contributed by atoms with Gasteiger partial charge in [0.15, 0.2) is 6.23 Å². The zero-order chi connectivity index (χ0) is 17.9. The highest BCUT2D eigenvalue weighted by Gasteiger charge is 2.33. The molecule has 0 aliphatic rings. The summed E-state index contributed by atoms with van der Waals surface area (Å²) < 4.78 is 44.2. The molecule has 0 aliphatic carbocycles. The minimum Gasteiger partial charge on any atom is -0.471 e. The van der Waals surface area contributed by atoms with Gasteiger partial charge in [-0.25, -0.2) is 0 Å². The van der Waals surface area contributed by atoms with Crippen molar-refractivity contribution in [1.29, 1.82) is 0 Å². The number of benzene rings is 1. The lowest BCUT2D eigenvalue weighted by molar-refractivity contribution is -0.137. The van der Waals surface area contributed by atoms with Crippen LogP contribution in [0.1, 0.15) is 24.3 Å². The third-order valence-electron chi connectivity index (χ3n) is 3.05. The first-order chi connectivity index (χ1) is 11.2. The monoisotopic (exact) mass is 360 g/mol. The van der Waals surface area contributed by atoms with Crippen molar-refractivity contribution in [2.75, 3.05) is 5.32 Å². The van der Waals surface area contributed by atoms with Gasteiger partial charge in [-0.15, -0.1) is 0 Å². The molecule has 0 aliphatic heterocycles. The second-order valence-electron chi connectivity index (χ2n) is 5.04. The topological polar surface area (TPSA) is 86.2 Å². The van der Waals surface area contributed by atoms with Gasteiger partial charge in [-0.1, -0.05) is 11.6 Å². The number of hydrogen-bond acceptors (Lipinski definition) is 5. The van der Waals surface area contributed by atoms with Gasteiger partial charge >= 0.3 is 6.18 Å². The number of rotatable bonds is 5. The molecule has 2 rings (SSSR count). The standard InChI is InChI=1S/C15H16ClF3N4O/c1-8(24-10-4-5-22-13(7-10)14(20)21)23-9-2-3-12(16)11(6-9)15(17,18)19/h2-8,14,23H,20-21H2,1H3. The molecule has 1 heterocycles. The Morgan fingerprint density at radius 2 is 1.92 bits per heavy atom. The first kappa shape index (κ1) is 18.3. The van der Waals surface area contributed by atoms with Crippen LogP contribution in [0.3, 0.4) is 0 Å². The van der Waals surface area contributed by atoms with Crippen molar-refractivity contribution in [3.05, 3.63) is 52.8 Å². The molecule has 0 bridgehead atoms. The molecule has 2 aromatic rings. The Hall–Kier alpha value is -2.03. The molecule has 0 spiro atoms. The van der Waals surface area contributed by atoms with Crippen LogP contribution in [0.25, 0.3) is 0 Å². The molecule has 9 heteroatoms. The molecule has 0 fully saturated rings. The van der Waals surface area contributed by atoms with Crippen LogP contribution in [0.5, 0.6) is 5.75 Å². The Morgan fingerprint density at radius 1 is 1.21 bits per heavy atom. The minimum atomic E-state index is -4.53. The molecule has 1 aromatic heterocycles. The fourth-order valence-corrected chi connectivity index (χ4v) is 2.21. The van der Waals surface area contributed by atoms with Crippen LogP contribution in [0.15, 0.2) is 36.5 Å². The normalized spacial score (nSPS) is 13.0. The van der Waals surface area contributed by atoms with E-state index in [0.717, 1.165) is 6.07 Å². The fraction of sp³-hybridized carbons (Fsp3) is 0.267. The molecule has 0 radical (unpaired) electrons. The highest BCUT2D eigenvalue weighted by atomic mass is 35.5. The lowest BCUT2D eigenvalue weighted by Crippen LogP contribution is -2.24. The zero-order valence-corrected chi connectivity index (χ0v) is 13.4. The van der Waals surface area contributed by atoms with Gasteiger partial charge in [-0.05, 0) is 31.2 Å². The van der Waals surface area contributed by atoms with Crippen molar-refractivity contribution >= 4 is 17.3 Å². The summed E-state index contributed by atoms with van der Waals surface area (Å²) in [6.45, 7) is 1.64. The molecule has 5 nitrogen and oxygen atoms in total. The number of alkyl halides is 3. The molecule has 1 aromatic carbocycles. The average Bonchev–Trinajstić information content (AvgIpc) is 2.48. The van der Waals surface area contributed by atoms with E-state index in [1.165, 1.54) is 18.3 Å². The van der Waals surface area contributed by atoms with E-state index in [0.29, 0.717) is 11.4 Å². The number of nitrogens with one attached hydrogen (secondary N) is 1. The molecule has 0 saturated carbocycles. The lowest BCUT2D eigenvalue weighted by atomic mass is 10.2. The van der Waals surface area contributed by atoms with E-state index in [1.54, 1.807) is 19.1 Å². The number of aromatic nitrogens is 1. The smallest absolute Gasteiger partial charge is 0.417 e. The Balaban J connectivity index is 2.10. The maximum atomic E-state index is 12.9. The van der Waals surface area contributed by atoms with Crippen LogP contribution in [0, 0.1) is 0 Å². The van der Waals surface area contributed by atoms with Crippen LogP contribution in [-0.4, -0.2) is 11.2 Å². The van der Waals surface area contributed by atoms with Crippen molar-refractivity contribution in [2.24, 2.45) is 11.5 Å². The van der Waals surface area contributed by atoms with E-state index in [1.807, 2.05) is 0 Å². The number of halogens is 4. The first-order valence-corrected chi connectivity index (χ1v) is 7.31. The molecule has 1 unspecified atom stereocenters. The van der Waals surface area contributed by atoms with E-state index in [2.05, 4.69) is 10.3 Å². The van der Waals surface area contributed by atoms with Gasteiger partial charge in [0.2, 0.25) is 0 Å². The van der Waals surface area contributed by atoms with E-state index >= 15 is 0 Å². The SMILES string of the molecule is CC(Nc1ccc(Cl)c(C(F)(F)F)c1)Oc1ccnc(C(N)N)c1. The Bertz CT molecular complexity index is 709. The second kappa shape index (κ2) is 7.25. The molecular formula is C15H16ClF3N4O. The van der Waals surface area contributed by atoms with Gasteiger partial charge in [0.1, 0.15) is 5.75 Å². The van der Waals surface area contributed by atoms with Gasteiger partial charge in [0.25, 0.3) is 0 Å². The fourth-order valence-electron chi connectivity index (χ4n) is 1.98. The number of nitrogens with two attached hydrogens (primary N) is 2. The van der Waals surface area contributed by atoms with Gasteiger partial charge < -0.3 is 21.5 Å². The molecule has 0 saturated heterocycles. The summed E-state index contributed by atoms with van der Waals surface area (Å²) in [6, 6.07) is 6.69. The number of pyridine rings is 1. The number of nitrogens with zero attached hydrogens (tertiary/aromatic N) is 1. The van der Waals surface area contributed by atoms with Crippen LogP contribution >= 0.6 is 11.6 Å². The van der Waals surface area contributed by atoms with Crippen molar-refractivity contribution in [3.63, 3.8) is 0 Å². The molecular weight excluding hydrogens is 345 g/mol. The van der Waals surface area contributed by atoms with Gasteiger partial charge in [0.05, 0.1) is 22.4 Å². The van der Waals surface area contributed by atoms with Crippen molar-refractivity contribution < 1.29 is 17.9 Å². The molecule has 5 N–H and O–H groups in total. The van der Waals surface area contributed by atoms with Crippen LogP contribution < -0.4 is 21.5 Å². The van der Waals surface area contributed by atoms with E-state index in [-0.39, 0.29) is 10.7 Å². The van der Waals surface area contributed by atoms with E-state index in [9.17, 15) is 13.2 Å². The van der Waals surface area contributed by atoms with Crippen molar-refractivity contribution in [3.8, 4) is 5.75 Å². The van der Waals surface area contributed by atoms with Crippen molar-refractivity contribution in [1.82, 2.24) is 4.98 Å². The van der Waals surface area contributed by atoms with Gasteiger partial charge in [0, 0.05) is 18.0 Å². The number of hydrogen-bond donors (Lipinski definition) is 3. The number of anilines is 1. The Labute approximate surface area is 141 Å². The first-order valence-electron chi connectivity index (χ1n) is 6.94. The van der Waals surface area contributed by atoms with Crippen LogP contribution in [-0.2, 0) is 6.18 Å². The van der Waals surface area contributed by atoms with Crippen LogP contribution in [0.2, 0.25) is 5.02 Å². The minimum absolute atomic E-state index is 0.226. The second-order valence-corrected chi connectivity index (χ2v) is 5.45. The number of ether oxygens (including phenoxy) is 1.